The van der Waals surface area contributed by atoms with Crippen molar-refractivity contribution in [2.45, 2.75) is 6.54 Å². The maximum Gasteiger partial charge on any atom is 0.0840 e. The molecular weight excluding hydrogens is 389 g/mol. The average Bonchev–Trinajstić information content (AvgIpc) is 3.26. The molecule has 2 aromatic carbocycles. The minimum atomic E-state index is 0.545. The van der Waals surface area contributed by atoms with Crippen LogP contribution in [0.4, 0.5) is 0 Å². The van der Waals surface area contributed by atoms with Gasteiger partial charge in [0.05, 0.1) is 29.1 Å². The Bertz CT molecular complexity index is 1030. The number of rotatable bonds is 4. The maximum atomic E-state index is 6.43. The van der Waals surface area contributed by atoms with Crippen molar-refractivity contribution in [3.8, 4) is 16.9 Å². The second-order valence-corrected chi connectivity index (χ2v) is 7.17. The van der Waals surface area contributed by atoms with Gasteiger partial charge >= 0.3 is 0 Å². The summed E-state index contributed by atoms with van der Waals surface area (Å²) in [4.78, 5) is 0. The fourth-order valence-electron chi connectivity index (χ4n) is 2.92. The Kier molecular flexibility index (Phi) is 4.77. The second kappa shape index (κ2) is 7.20. The van der Waals surface area contributed by atoms with E-state index < -0.39 is 0 Å². The first-order chi connectivity index (χ1) is 12.6. The van der Waals surface area contributed by atoms with Crippen LogP contribution in [0, 0.1) is 0 Å². The molecule has 0 N–H and O–H groups in total. The maximum absolute atomic E-state index is 6.43. The molecule has 0 amide bonds. The largest absolute Gasteiger partial charge is 0.350 e. The molecule has 26 heavy (non-hydrogen) atoms. The highest BCUT2D eigenvalue weighted by atomic mass is 35.5. The molecule has 0 radical (unpaired) electrons. The number of hydrogen-bond donors (Lipinski definition) is 0. The lowest BCUT2D eigenvalue weighted by atomic mass is 10.1. The average molecular weight is 403 g/mol. The molecule has 0 aliphatic carbocycles. The molecule has 0 atom stereocenters. The van der Waals surface area contributed by atoms with Crippen molar-refractivity contribution < 1.29 is 0 Å². The number of halogens is 3. The molecule has 2 heterocycles. The van der Waals surface area contributed by atoms with Crippen LogP contribution in [0.2, 0.25) is 15.1 Å². The van der Waals surface area contributed by atoms with E-state index >= 15 is 0 Å². The van der Waals surface area contributed by atoms with Gasteiger partial charge in [0.2, 0.25) is 0 Å². The van der Waals surface area contributed by atoms with Gasteiger partial charge in [0, 0.05) is 33.6 Å². The summed E-state index contributed by atoms with van der Waals surface area (Å²) in [5.74, 6) is 0. The summed E-state index contributed by atoms with van der Waals surface area (Å²) in [6.45, 7) is 0.705. The van der Waals surface area contributed by atoms with Crippen LogP contribution in [0.15, 0.2) is 73.2 Å². The van der Waals surface area contributed by atoms with Crippen LogP contribution in [-0.4, -0.2) is 14.3 Å². The zero-order chi connectivity index (χ0) is 18.1. The van der Waals surface area contributed by atoms with Crippen molar-refractivity contribution in [3.05, 3.63) is 93.8 Å². The van der Waals surface area contributed by atoms with Crippen LogP contribution >= 0.6 is 34.8 Å². The van der Waals surface area contributed by atoms with Crippen molar-refractivity contribution in [2.75, 3.05) is 0 Å². The lowest BCUT2D eigenvalue weighted by Crippen LogP contribution is -2.03. The zero-order valence-corrected chi connectivity index (χ0v) is 15.9. The molecule has 0 aliphatic rings. The molecule has 0 unspecified atom stereocenters. The van der Waals surface area contributed by atoms with E-state index in [1.165, 1.54) is 0 Å². The Morgan fingerprint density at radius 1 is 0.846 bits per heavy atom. The summed E-state index contributed by atoms with van der Waals surface area (Å²) in [6.07, 6.45) is 5.92. The van der Waals surface area contributed by atoms with Crippen LogP contribution in [0.25, 0.3) is 16.9 Å². The van der Waals surface area contributed by atoms with Gasteiger partial charge < -0.3 is 4.57 Å². The third kappa shape index (κ3) is 3.38. The van der Waals surface area contributed by atoms with E-state index in [0.29, 0.717) is 21.6 Å². The van der Waals surface area contributed by atoms with Crippen LogP contribution in [0.5, 0.6) is 0 Å². The predicted molar refractivity (Wildman–Crippen MR) is 108 cm³/mol. The molecule has 0 bridgehead atoms. The highest BCUT2D eigenvalue weighted by Gasteiger charge is 2.17. The van der Waals surface area contributed by atoms with Crippen LogP contribution in [-0.2, 0) is 6.54 Å². The van der Waals surface area contributed by atoms with E-state index in [-0.39, 0.29) is 0 Å². The molecule has 2 aromatic heterocycles. The smallest absolute Gasteiger partial charge is 0.0840 e. The predicted octanol–water partition coefficient (Wildman–Crippen LogP) is 6.35. The summed E-state index contributed by atoms with van der Waals surface area (Å²) < 4.78 is 3.95. The molecular formula is C20H14Cl3N3. The van der Waals surface area contributed by atoms with E-state index in [4.69, 9.17) is 34.8 Å². The van der Waals surface area contributed by atoms with Gasteiger partial charge in [-0.1, -0.05) is 46.9 Å². The van der Waals surface area contributed by atoms with E-state index in [0.717, 1.165) is 22.5 Å². The molecule has 130 valence electrons. The van der Waals surface area contributed by atoms with Gasteiger partial charge in [0.1, 0.15) is 0 Å². The van der Waals surface area contributed by atoms with Crippen molar-refractivity contribution in [2.24, 2.45) is 0 Å². The normalized spacial score (nSPS) is 11.0. The molecule has 6 heteroatoms. The SMILES string of the molecule is Clc1ccc(-c2c(Cn3cccc3)cnn2-c2ccc(Cl)cc2Cl)cc1. The minimum Gasteiger partial charge on any atom is -0.350 e. The van der Waals surface area contributed by atoms with E-state index in [1.54, 1.807) is 6.07 Å². The molecule has 4 aromatic rings. The first-order valence-electron chi connectivity index (χ1n) is 8.01. The second-order valence-electron chi connectivity index (χ2n) is 5.89. The van der Waals surface area contributed by atoms with Gasteiger partial charge in [-0.3, -0.25) is 0 Å². The monoisotopic (exact) mass is 401 g/mol. The topological polar surface area (TPSA) is 22.8 Å². The van der Waals surface area contributed by atoms with E-state index in [2.05, 4.69) is 9.67 Å². The first-order valence-corrected chi connectivity index (χ1v) is 9.14. The molecule has 0 aliphatic heterocycles. The fourth-order valence-corrected chi connectivity index (χ4v) is 3.54. The number of hydrogen-bond acceptors (Lipinski definition) is 1. The zero-order valence-electron chi connectivity index (χ0n) is 13.6. The highest BCUT2D eigenvalue weighted by molar-refractivity contribution is 6.35. The van der Waals surface area contributed by atoms with Crippen molar-refractivity contribution >= 4 is 34.8 Å². The van der Waals surface area contributed by atoms with Crippen molar-refractivity contribution in [3.63, 3.8) is 0 Å². The van der Waals surface area contributed by atoms with Gasteiger partial charge in [-0.2, -0.15) is 5.10 Å². The Labute approximate surface area is 166 Å². The van der Waals surface area contributed by atoms with Gasteiger partial charge in [0.25, 0.3) is 0 Å². The van der Waals surface area contributed by atoms with E-state index in [9.17, 15) is 0 Å². The van der Waals surface area contributed by atoms with Gasteiger partial charge in [-0.15, -0.1) is 0 Å². The van der Waals surface area contributed by atoms with Gasteiger partial charge in [-0.05, 0) is 42.5 Å². The third-order valence-corrected chi connectivity index (χ3v) is 4.91. The van der Waals surface area contributed by atoms with E-state index in [1.807, 2.05) is 71.8 Å². The first kappa shape index (κ1) is 17.2. The van der Waals surface area contributed by atoms with Crippen LogP contribution in [0.3, 0.4) is 0 Å². The van der Waals surface area contributed by atoms with Crippen LogP contribution < -0.4 is 0 Å². The Morgan fingerprint density at radius 3 is 2.23 bits per heavy atom. The number of nitrogens with zero attached hydrogens (tertiary/aromatic N) is 3. The molecule has 0 spiro atoms. The Hall–Kier alpha value is -2.20. The Morgan fingerprint density at radius 2 is 1.54 bits per heavy atom. The Balaban J connectivity index is 1.88. The fraction of sp³-hybridized carbons (Fsp3) is 0.0500. The molecule has 0 saturated heterocycles. The van der Waals surface area contributed by atoms with Crippen LogP contribution in [0.1, 0.15) is 5.56 Å². The van der Waals surface area contributed by atoms with Gasteiger partial charge in [0.15, 0.2) is 0 Å². The third-order valence-electron chi connectivity index (χ3n) is 4.12. The lowest BCUT2D eigenvalue weighted by Gasteiger charge is -2.12. The molecule has 3 nitrogen and oxygen atoms in total. The molecule has 0 saturated carbocycles. The van der Waals surface area contributed by atoms with Gasteiger partial charge in [-0.25, -0.2) is 4.68 Å². The molecule has 4 rings (SSSR count). The number of benzene rings is 2. The number of aromatic nitrogens is 3. The summed E-state index contributed by atoms with van der Waals surface area (Å²) in [7, 11) is 0. The summed E-state index contributed by atoms with van der Waals surface area (Å²) >= 11 is 18.5. The lowest BCUT2D eigenvalue weighted by molar-refractivity contribution is 0.807. The van der Waals surface area contributed by atoms with Crippen molar-refractivity contribution in [1.82, 2.24) is 14.3 Å². The summed E-state index contributed by atoms with van der Waals surface area (Å²) in [5, 5.41) is 6.42. The highest BCUT2D eigenvalue weighted by Crippen LogP contribution is 2.32. The minimum absolute atomic E-state index is 0.545. The standard InChI is InChI=1S/C20H14Cl3N3/c21-16-5-3-14(4-6-16)20-15(13-25-9-1-2-10-25)12-24-26(20)19-8-7-17(22)11-18(19)23/h1-12H,13H2. The summed E-state index contributed by atoms with van der Waals surface area (Å²) in [6, 6.07) is 17.1. The quantitative estimate of drug-likeness (QED) is 0.390. The molecule has 0 fully saturated rings. The van der Waals surface area contributed by atoms with Crippen molar-refractivity contribution in [1.29, 1.82) is 0 Å². The summed E-state index contributed by atoms with van der Waals surface area (Å²) in [5.41, 5.74) is 3.84.